The van der Waals surface area contributed by atoms with Crippen LogP contribution < -0.4 is 11.5 Å². The van der Waals surface area contributed by atoms with Crippen LogP contribution >= 0.6 is 24.8 Å². The van der Waals surface area contributed by atoms with Gasteiger partial charge in [-0.2, -0.15) is 0 Å². The van der Waals surface area contributed by atoms with Gasteiger partial charge < -0.3 is 16.2 Å². The number of halogens is 2. The number of rotatable bonds is 2. The molecule has 0 saturated carbocycles. The van der Waals surface area contributed by atoms with E-state index in [-0.39, 0.29) is 36.9 Å². The molecule has 12 heavy (non-hydrogen) atoms. The van der Waals surface area contributed by atoms with Crippen molar-refractivity contribution in [3.05, 3.63) is 0 Å². The highest BCUT2D eigenvalue weighted by Gasteiger charge is 2.30. The third kappa shape index (κ3) is 3.58. The van der Waals surface area contributed by atoms with E-state index in [1.807, 2.05) is 0 Å². The molecule has 1 aliphatic rings. The van der Waals surface area contributed by atoms with E-state index >= 15 is 0 Å². The maximum absolute atomic E-state index is 10.7. The predicted octanol–water partition coefficient (Wildman–Crippen LogP) is -0.178. The lowest BCUT2D eigenvalue weighted by Gasteiger charge is -2.04. The van der Waals surface area contributed by atoms with Gasteiger partial charge in [-0.05, 0) is 13.0 Å². The van der Waals surface area contributed by atoms with Crippen LogP contribution in [0.25, 0.3) is 0 Å². The van der Waals surface area contributed by atoms with Crippen LogP contribution in [-0.4, -0.2) is 24.7 Å². The molecule has 1 heterocycles. The Kier molecular flexibility index (Phi) is 7.83. The van der Waals surface area contributed by atoms with Crippen molar-refractivity contribution >= 4 is 30.8 Å². The largest absolute Gasteiger partial charge is 0.461 e. The van der Waals surface area contributed by atoms with Crippen LogP contribution in [0.2, 0.25) is 0 Å². The second-order valence-corrected chi connectivity index (χ2v) is 2.48. The van der Waals surface area contributed by atoms with E-state index in [1.54, 1.807) is 0 Å². The zero-order chi connectivity index (χ0) is 7.56. The summed E-state index contributed by atoms with van der Waals surface area (Å²) in [4.78, 5) is 10.7. The number of carbonyl (C=O) groups is 1. The van der Waals surface area contributed by atoms with Gasteiger partial charge in [0.05, 0.1) is 0 Å². The molecule has 4 nitrogen and oxygen atoms in total. The molecule has 0 aromatic carbocycles. The third-order valence-electron chi connectivity index (χ3n) is 1.59. The van der Waals surface area contributed by atoms with Gasteiger partial charge in [0.2, 0.25) is 0 Å². The molecule has 2 atom stereocenters. The van der Waals surface area contributed by atoms with Gasteiger partial charge in [-0.15, -0.1) is 24.8 Å². The minimum Gasteiger partial charge on any atom is -0.461 e. The first-order valence-corrected chi connectivity index (χ1v) is 3.40. The monoisotopic (exact) mass is 216 g/mol. The van der Waals surface area contributed by atoms with Crippen LogP contribution in [0.15, 0.2) is 0 Å². The van der Waals surface area contributed by atoms with Crippen molar-refractivity contribution in [2.75, 3.05) is 6.54 Å². The van der Waals surface area contributed by atoms with Gasteiger partial charge in [0, 0.05) is 6.42 Å². The summed E-state index contributed by atoms with van der Waals surface area (Å²) in [5.41, 5.74) is 10.7. The van der Waals surface area contributed by atoms with Crippen LogP contribution in [0, 0.1) is 0 Å². The number of ether oxygens (including phenoxy) is 1. The molecule has 4 N–H and O–H groups in total. The van der Waals surface area contributed by atoms with E-state index in [2.05, 4.69) is 0 Å². The summed E-state index contributed by atoms with van der Waals surface area (Å²) < 4.78 is 4.87. The lowest BCUT2D eigenvalue weighted by molar-refractivity contribution is -0.142. The number of hydrogen-bond acceptors (Lipinski definition) is 4. The van der Waals surface area contributed by atoms with E-state index in [1.165, 1.54) is 0 Å². The third-order valence-corrected chi connectivity index (χ3v) is 1.59. The molecule has 0 spiro atoms. The zero-order valence-corrected chi connectivity index (χ0v) is 8.20. The Hall–Kier alpha value is -0.0300. The van der Waals surface area contributed by atoms with Crippen LogP contribution in [0.5, 0.6) is 0 Å². The Morgan fingerprint density at radius 3 is 2.42 bits per heavy atom. The van der Waals surface area contributed by atoms with Gasteiger partial charge in [-0.1, -0.05) is 0 Å². The van der Waals surface area contributed by atoms with Crippen LogP contribution in [0.3, 0.4) is 0 Å². The standard InChI is InChI=1S/C6H12N2O2.2ClH/c7-2-1-4-3-5(8)6(9)10-4;;/h4-5H,1-3,7-8H2;2*1H/t4-,5+;;/m1../s1. The van der Waals surface area contributed by atoms with Crippen LogP contribution in [-0.2, 0) is 9.53 Å². The summed E-state index contributed by atoms with van der Waals surface area (Å²) in [6.07, 6.45) is 1.31. The summed E-state index contributed by atoms with van der Waals surface area (Å²) >= 11 is 0. The van der Waals surface area contributed by atoms with Crippen molar-refractivity contribution in [2.24, 2.45) is 11.5 Å². The molecule has 0 aliphatic carbocycles. The van der Waals surface area contributed by atoms with E-state index in [4.69, 9.17) is 16.2 Å². The highest BCUT2D eigenvalue weighted by atomic mass is 35.5. The maximum Gasteiger partial charge on any atom is 0.323 e. The first kappa shape index (κ1) is 14.5. The number of esters is 1. The Labute approximate surface area is 83.8 Å². The average molecular weight is 217 g/mol. The molecule has 0 bridgehead atoms. The highest BCUT2D eigenvalue weighted by molar-refractivity contribution is 5.85. The highest BCUT2D eigenvalue weighted by Crippen LogP contribution is 2.14. The molecule has 74 valence electrons. The van der Waals surface area contributed by atoms with Gasteiger partial charge in [0.1, 0.15) is 12.1 Å². The molecule has 1 rings (SSSR count). The fourth-order valence-electron chi connectivity index (χ4n) is 1.04. The number of carbonyl (C=O) groups excluding carboxylic acids is 1. The normalized spacial score (nSPS) is 27.0. The van der Waals surface area contributed by atoms with E-state index in [9.17, 15) is 4.79 Å². The smallest absolute Gasteiger partial charge is 0.323 e. The molecular formula is C6H14Cl2N2O2. The quantitative estimate of drug-likeness (QED) is 0.629. The molecule has 1 saturated heterocycles. The van der Waals surface area contributed by atoms with Gasteiger partial charge in [-0.3, -0.25) is 4.79 Å². The van der Waals surface area contributed by atoms with Crippen molar-refractivity contribution in [3.8, 4) is 0 Å². The van der Waals surface area contributed by atoms with Crippen molar-refractivity contribution in [3.63, 3.8) is 0 Å². The topological polar surface area (TPSA) is 78.3 Å². The minimum atomic E-state index is -0.420. The first-order chi connectivity index (χ1) is 4.74. The van der Waals surface area contributed by atoms with E-state index < -0.39 is 6.04 Å². The Morgan fingerprint density at radius 1 is 1.50 bits per heavy atom. The molecule has 1 aliphatic heterocycles. The number of cyclic esters (lactones) is 1. The van der Waals surface area contributed by atoms with Crippen molar-refractivity contribution in [1.29, 1.82) is 0 Å². The predicted molar refractivity (Wildman–Crippen MR) is 50.6 cm³/mol. The fraction of sp³-hybridized carbons (Fsp3) is 0.833. The van der Waals surface area contributed by atoms with Crippen LogP contribution in [0.1, 0.15) is 12.8 Å². The Balaban J connectivity index is 0. The average Bonchev–Trinajstić information content (AvgIpc) is 2.14. The molecule has 0 amide bonds. The molecule has 6 heteroatoms. The molecule has 0 unspecified atom stereocenters. The summed E-state index contributed by atoms with van der Waals surface area (Å²) in [5, 5.41) is 0. The Morgan fingerprint density at radius 2 is 2.08 bits per heavy atom. The van der Waals surface area contributed by atoms with Crippen molar-refractivity contribution < 1.29 is 9.53 Å². The van der Waals surface area contributed by atoms with E-state index in [0.717, 1.165) is 6.42 Å². The van der Waals surface area contributed by atoms with Gasteiger partial charge in [0.25, 0.3) is 0 Å². The minimum absolute atomic E-state index is 0. The zero-order valence-electron chi connectivity index (χ0n) is 6.56. The second kappa shape index (κ2) is 6.48. The van der Waals surface area contributed by atoms with Crippen LogP contribution in [0.4, 0.5) is 0 Å². The molecule has 0 radical (unpaired) electrons. The van der Waals surface area contributed by atoms with Gasteiger partial charge in [-0.25, -0.2) is 0 Å². The lowest BCUT2D eigenvalue weighted by Crippen LogP contribution is -2.24. The van der Waals surface area contributed by atoms with Crippen molar-refractivity contribution in [2.45, 2.75) is 25.0 Å². The molecule has 0 aromatic rings. The summed E-state index contributed by atoms with van der Waals surface area (Å²) in [6, 6.07) is -0.420. The van der Waals surface area contributed by atoms with E-state index in [0.29, 0.717) is 13.0 Å². The molecule has 1 fully saturated rings. The van der Waals surface area contributed by atoms with Crippen molar-refractivity contribution in [1.82, 2.24) is 0 Å². The maximum atomic E-state index is 10.7. The lowest BCUT2D eigenvalue weighted by atomic mass is 10.1. The Bertz CT molecular complexity index is 146. The second-order valence-electron chi connectivity index (χ2n) is 2.48. The fourth-order valence-corrected chi connectivity index (χ4v) is 1.04. The SMILES string of the molecule is Cl.Cl.NCC[C@@H]1C[C@H](N)C(=O)O1. The molecular weight excluding hydrogens is 203 g/mol. The number of nitrogens with two attached hydrogens (primary N) is 2. The van der Waals surface area contributed by atoms with Gasteiger partial charge >= 0.3 is 5.97 Å². The summed E-state index contributed by atoms with van der Waals surface area (Å²) in [7, 11) is 0. The number of hydrogen-bond donors (Lipinski definition) is 2. The molecule has 0 aromatic heterocycles. The summed E-state index contributed by atoms with van der Waals surface area (Å²) in [6.45, 7) is 0.546. The summed E-state index contributed by atoms with van der Waals surface area (Å²) in [5.74, 6) is -0.293. The van der Waals surface area contributed by atoms with Gasteiger partial charge in [0.15, 0.2) is 0 Å². The first-order valence-electron chi connectivity index (χ1n) is 3.40.